The molecule has 3 aromatic heterocycles. The lowest BCUT2D eigenvalue weighted by Gasteiger charge is -2.20. The zero-order valence-corrected chi connectivity index (χ0v) is 25.2. The van der Waals surface area contributed by atoms with Crippen molar-refractivity contribution in [2.75, 3.05) is 32.1 Å². The number of hydrogen-bond acceptors (Lipinski definition) is 8. The molecular formula is C31H31F2N9O4. The summed E-state index contributed by atoms with van der Waals surface area (Å²) >= 11 is 0. The van der Waals surface area contributed by atoms with Crippen LogP contribution in [0.15, 0.2) is 60.8 Å². The van der Waals surface area contributed by atoms with E-state index in [1.54, 1.807) is 36.2 Å². The number of benzene rings is 2. The molecule has 3 amide bonds. The van der Waals surface area contributed by atoms with Gasteiger partial charge in [-0.2, -0.15) is 10.2 Å². The molecule has 1 aliphatic heterocycles. The van der Waals surface area contributed by atoms with Crippen molar-refractivity contribution < 1.29 is 27.9 Å². The van der Waals surface area contributed by atoms with Gasteiger partial charge in [-0.25, -0.2) is 28.2 Å². The summed E-state index contributed by atoms with van der Waals surface area (Å²) in [6.07, 6.45) is 0.829. The Morgan fingerprint density at radius 1 is 1.13 bits per heavy atom. The number of hydrogen-bond donors (Lipinski definition) is 3. The minimum atomic E-state index is -1.02. The normalized spacial score (nSPS) is 16.6. The minimum absolute atomic E-state index is 0.0728. The molecule has 6 rings (SSSR count). The number of pyridine rings is 1. The molecule has 1 saturated heterocycles. The maximum Gasteiger partial charge on any atom is 0.320 e. The number of carbonyl (C=O) groups is 2. The van der Waals surface area contributed by atoms with Crippen LogP contribution >= 0.6 is 0 Å². The van der Waals surface area contributed by atoms with Crippen LogP contribution in [0.1, 0.15) is 27.8 Å². The number of imidazole rings is 1. The molecule has 238 valence electrons. The first-order chi connectivity index (χ1) is 22.1. The average Bonchev–Trinajstić information content (AvgIpc) is 3.71. The summed E-state index contributed by atoms with van der Waals surface area (Å²) in [6, 6.07) is 13.3. The Labute approximate surface area is 261 Å². The lowest BCUT2D eigenvalue weighted by molar-refractivity contribution is -0.154. The summed E-state index contributed by atoms with van der Waals surface area (Å²) < 4.78 is 36.1. The molecule has 2 atom stereocenters. The third kappa shape index (κ3) is 5.90. The summed E-state index contributed by atoms with van der Waals surface area (Å²) in [4.78, 5) is 40.2. The van der Waals surface area contributed by atoms with Crippen LogP contribution in [-0.4, -0.2) is 74.2 Å². The number of rotatable bonds is 9. The van der Waals surface area contributed by atoms with E-state index in [1.807, 2.05) is 37.3 Å². The highest BCUT2D eigenvalue weighted by Crippen LogP contribution is 2.33. The predicted octanol–water partition coefficient (Wildman–Crippen LogP) is 3.63. The van der Waals surface area contributed by atoms with Gasteiger partial charge in [0.1, 0.15) is 17.4 Å². The molecule has 0 unspecified atom stereocenters. The largest absolute Gasteiger partial charge is 0.383 e. The Balaban J connectivity index is 1.32. The third-order valence-electron chi connectivity index (χ3n) is 7.72. The van der Waals surface area contributed by atoms with Gasteiger partial charge < -0.3 is 20.4 Å². The van der Waals surface area contributed by atoms with Gasteiger partial charge in [0.25, 0.3) is 5.91 Å². The fourth-order valence-electron chi connectivity index (χ4n) is 5.44. The van der Waals surface area contributed by atoms with Crippen molar-refractivity contribution in [3.63, 3.8) is 0 Å². The van der Waals surface area contributed by atoms with Crippen LogP contribution in [0.3, 0.4) is 0 Å². The van der Waals surface area contributed by atoms with Crippen molar-refractivity contribution in [3.05, 3.63) is 89.4 Å². The summed E-state index contributed by atoms with van der Waals surface area (Å²) in [5.41, 5.74) is 9.21. The van der Waals surface area contributed by atoms with Crippen molar-refractivity contribution >= 4 is 28.9 Å². The molecule has 0 saturated carbocycles. The van der Waals surface area contributed by atoms with E-state index < -0.39 is 35.7 Å². The molecule has 1 fully saturated rings. The number of nitrogens with zero attached hydrogens (tertiary/aromatic N) is 6. The van der Waals surface area contributed by atoms with Crippen molar-refractivity contribution in [2.45, 2.75) is 19.1 Å². The highest BCUT2D eigenvalue weighted by Gasteiger charge is 2.37. The SMILES string of the molecule is COCCN1C[C@@H](NC(=O)Nc2c(C)c(-c3cnc4c(c3)nc(C(N)=O)n4C)nn2-c2ccccc2)[C@H](c2ccc(F)c(F)c2)O1. The quantitative estimate of drug-likeness (QED) is 0.223. The number of methoxy groups -OCH3 is 1. The van der Waals surface area contributed by atoms with E-state index >= 15 is 0 Å². The second-order valence-electron chi connectivity index (χ2n) is 10.8. The fraction of sp³-hybridized carbons (Fsp3) is 0.258. The summed E-state index contributed by atoms with van der Waals surface area (Å²) in [5, 5.41) is 12.3. The number of nitrogens with one attached hydrogen (secondary N) is 2. The van der Waals surface area contributed by atoms with E-state index in [1.165, 1.54) is 10.6 Å². The minimum Gasteiger partial charge on any atom is -0.383 e. The van der Waals surface area contributed by atoms with Crippen LogP contribution < -0.4 is 16.4 Å². The molecule has 2 aromatic carbocycles. The summed E-state index contributed by atoms with van der Waals surface area (Å²) in [5.74, 6) is -2.21. The van der Waals surface area contributed by atoms with Crippen molar-refractivity contribution in [1.82, 2.24) is 34.7 Å². The van der Waals surface area contributed by atoms with Gasteiger partial charge in [-0.1, -0.05) is 24.3 Å². The lowest BCUT2D eigenvalue weighted by Crippen LogP contribution is -2.42. The molecule has 0 bridgehead atoms. The smallest absolute Gasteiger partial charge is 0.320 e. The highest BCUT2D eigenvalue weighted by molar-refractivity contribution is 5.94. The molecule has 13 nitrogen and oxygen atoms in total. The Morgan fingerprint density at radius 3 is 2.63 bits per heavy atom. The standard InChI is InChI=1S/C31H31F2N9O4/c1-17-25(19-14-23-29(35-15-19)40(2)30(36-23)27(34)43)39-42(20-7-5-4-6-8-20)28(17)38-31(44)37-24-16-41(11-12-45-3)46-26(24)18-9-10-21(32)22(33)13-18/h4-10,13-15,24,26H,11-12,16H2,1-3H3,(H2,34,43)(H2,37,38,44)/t24-,26+/m1/s1. The van der Waals surface area contributed by atoms with E-state index in [4.69, 9.17) is 20.4 Å². The number of fused-ring (bicyclic) bond motifs is 1. The van der Waals surface area contributed by atoms with Crippen molar-refractivity contribution in [1.29, 1.82) is 0 Å². The first-order valence-electron chi connectivity index (χ1n) is 14.4. The molecule has 1 aliphatic rings. The second-order valence-corrected chi connectivity index (χ2v) is 10.8. The number of amides is 3. The van der Waals surface area contributed by atoms with Crippen LogP contribution in [0.25, 0.3) is 28.1 Å². The molecule has 0 aliphatic carbocycles. The number of nitrogens with two attached hydrogens (primary N) is 1. The Morgan fingerprint density at radius 2 is 1.91 bits per heavy atom. The Kier molecular flexibility index (Phi) is 8.44. The molecule has 46 heavy (non-hydrogen) atoms. The van der Waals surface area contributed by atoms with Crippen LogP contribution in [0, 0.1) is 18.6 Å². The molecule has 4 heterocycles. The molecule has 5 aromatic rings. The number of aromatic nitrogens is 5. The average molecular weight is 632 g/mol. The number of anilines is 1. The molecule has 0 radical (unpaired) electrons. The fourth-order valence-corrected chi connectivity index (χ4v) is 5.44. The van der Waals surface area contributed by atoms with Gasteiger partial charge in [0.2, 0.25) is 5.82 Å². The van der Waals surface area contributed by atoms with Crippen LogP contribution in [-0.2, 0) is 16.6 Å². The second kappa shape index (κ2) is 12.6. The number of para-hydroxylation sites is 1. The monoisotopic (exact) mass is 631 g/mol. The number of ether oxygens (including phenoxy) is 1. The van der Waals surface area contributed by atoms with Crippen molar-refractivity contribution in [2.24, 2.45) is 12.8 Å². The number of primary amides is 1. The van der Waals surface area contributed by atoms with Crippen LogP contribution in [0.2, 0.25) is 0 Å². The number of carbonyl (C=O) groups excluding carboxylic acids is 2. The van der Waals surface area contributed by atoms with Gasteiger partial charge in [-0.05, 0) is 42.8 Å². The molecule has 0 spiro atoms. The van der Waals surface area contributed by atoms with E-state index in [0.717, 1.165) is 12.1 Å². The van der Waals surface area contributed by atoms with E-state index in [-0.39, 0.29) is 12.4 Å². The Bertz CT molecular complexity index is 1930. The predicted molar refractivity (Wildman–Crippen MR) is 164 cm³/mol. The van der Waals surface area contributed by atoms with Gasteiger partial charge >= 0.3 is 6.03 Å². The van der Waals surface area contributed by atoms with E-state index in [2.05, 4.69) is 20.6 Å². The van der Waals surface area contributed by atoms with Gasteiger partial charge in [0.05, 0.1) is 24.0 Å². The molecular weight excluding hydrogens is 600 g/mol. The molecule has 15 heteroatoms. The maximum absolute atomic E-state index is 14.1. The lowest BCUT2D eigenvalue weighted by atomic mass is 10.0. The third-order valence-corrected chi connectivity index (χ3v) is 7.72. The number of aryl methyl sites for hydroxylation is 1. The first-order valence-corrected chi connectivity index (χ1v) is 14.4. The van der Waals surface area contributed by atoms with E-state index in [0.29, 0.717) is 58.2 Å². The van der Waals surface area contributed by atoms with Crippen molar-refractivity contribution in [3.8, 4) is 16.9 Å². The highest BCUT2D eigenvalue weighted by atomic mass is 19.2. The van der Waals surface area contributed by atoms with Gasteiger partial charge in [-0.15, -0.1) is 0 Å². The zero-order valence-electron chi connectivity index (χ0n) is 25.2. The number of halogens is 2. The number of hydroxylamine groups is 2. The Hall–Kier alpha value is -5.25. The summed E-state index contributed by atoms with van der Waals surface area (Å²) in [6.45, 7) is 2.84. The van der Waals surface area contributed by atoms with Crippen LogP contribution in [0.4, 0.5) is 19.4 Å². The zero-order chi connectivity index (χ0) is 32.5. The summed E-state index contributed by atoms with van der Waals surface area (Å²) in [7, 11) is 3.21. The van der Waals surface area contributed by atoms with Gasteiger partial charge in [-0.3, -0.25) is 14.9 Å². The van der Waals surface area contributed by atoms with Crippen LogP contribution in [0.5, 0.6) is 0 Å². The first kappa shape index (κ1) is 30.8. The van der Waals surface area contributed by atoms with Gasteiger partial charge in [0.15, 0.2) is 17.3 Å². The topological polar surface area (TPSA) is 154 Å². The maximum atomic E-state index is 14.1. The number of urea groups is 1. The van der Waals surface area contributed by atoms with Gasteiger partial charge in [0, 0.05) is 44.6 Å². The molecule has 4 N–H and O–H groups in total. The van der Waals surface area contributed by atoms with E-state index in [9.17, 15) is 18.4 Å².